The van der Waals surface area contributed by atoms with E-state index in [1.807, 2.05) is 11.4 Å². The van der Waals surface area contributed by atoms with Crippen molar-refractivity contribution in [2.24, 2.45) is 5.14 Å². The van der Waals surface area contributed by atoms with Crippen molar-refractivity contribution in [1.29, 1.82) is 0 Å². The van der Waals surface area contributed by atoms with Crippen LogP contribution in [0.5, 0.6) is 0 Å². The quantitative estimate of drug-likeness (QED) is 0.894. The number of benzene rings is 1. The minimum Gasteiger partial charge on any atom is -0.379 e. The van der Waals surface area contributed by atoms with Gasteiger partial charge in [0.15, 0.2) is 0 Å². The Morgan fingerprint density at radius 1 is 1.44 bits per heavy atom. The van der Waals surface area contributed by atoms with Crippen LogP contribution in [0.15, 0.2) is 34.0 Å². The number of aromatic nitrogens is 1. The maximum absolute atomic E-state index is 11.4. The van der Waals surface area contributed by atoms with E-state index in [1.165, 1.54) is 17.4 Å². The standard InChI is InChI=1S/C11H13N3O2S2/c1-8-10(13-5-9-6-17-7-14-9)3-2-4-11(8)18(12,15)16/h2-4,6-7,13H,5H2,1H3,(H2,12,15,16). The average Bonchev–Trinajstić information content (AvgIpc) is 2.79. The first kappa shape index (κ1) is 13.0. The lowest BCUT2D eigenvalue weighted by atomic mass is 10.2. The van der Waals surface area contributed by atoms with E-state index in [2.05, 4.69) is 10.3 Å². The second kappa shape index (κ2) is 5.05. The van der Waals surface area contributed by atoms with Crippen molar-refractivity contribution in [2.75, 3.05) is 5.32 Å². The molecule has 0 spiro atoms. The number of anilines is 1. The van der Waals surface area contributed by atoms with Crippen LogP contribution in [0.25, 0.3) is 0 Å². The molecule has 1 aromatic carbocycles. The van der Waals surface area contributed by atoms with Crippen LogP contribution in [0.1, 0.15) is 11.3 Å². The number of nitrogens with two attached hydrogens (primary N) is 1. The molecule has 1 heterocycles. The molecule has 18 heavy (non-hydrogen) atoms. The summed E-state index contributed by atoms with van der Waals surface area (Å²) < 4.78 is 22.8. The molecule has 2 rings (SSSR count). The van der Waals surface area contributed by atoms with E-state index in [0.717, 1.165) is 11.4 Å². The van der Waals surface area contributed by atoms with Crippen molar-refractivity contribution in [1.82, 2.24) is 4.98 Å². The molecule has 0 aliphatic carbocycles. The zero-order chi connectivity index (χ0) is 13.2. The van der Waals surface area contributed by atoms with Gasteiger partial charge in [0.05, 0.1) is 22.6 Å². The fourth-order valence-electron chi connectivity index (χ4n) is 1.62. The maximum Gasteiger partial charge on any atom is 0.238 e. The summed E-state index contributed by atoms with van der Waals surface area (Å²) in [5.41, 5.74) is 4.04. The highest BCUT2D eigenvalue weighted by Gasteiger charge is 2.13. The molecule has 5 nitrogen and oxygen atoms in total. The number of hydrogen-bond donors (Lipinski definition) is 2. The second-order valence-corrected chi connectivity index (χ2v) is 6.06. The molecule has 7 heteroatoms. The third kappa shape index (κ3) is 2.87. The van der Waals surface area contributed by atoms with Crippen LogP contribution < -0.4 is 10.5 Å². The number of rotatable bonds is 4. The van der Waals surface area contributed by atoms with E-state index in [0.29, 0.717) is 12.1 Å². The van der Waals surface area contributed by atoms with Gasteiger partial charge in [0.25, 0.3) is 0 Å². The van der Waals surface area contributed by atoms with Crippen molar-refractivity contribution in [3.05, 3.63) is 40.3 Å². The summed E-state index contributed by atoms with van der Waals surface area (Å²) in [5, 5.41) is 10.2. The summed E-state index contributed by atoms with van der Waals surface area (Å²) in [7, 11) is -3.68. The smallest absolute Gasteiger partial charge is 0.238 e. The van der Waals surface area contributed by atoms with Crippen LogP contribution in [0.4, 0.5) is 5.69 Å². The van der Waals surface area contributed by atoms with Crippen LogP contribution in [0.2, 0.25) is 0 Å². The summed E-state index contributed by atoms with van der Waals surface area (Å²) in [4.78, 5) is 4.29. The summed E-state index contributed by atoms with van der Waals surface area (Å²) in [6.07, 6.45) is 0. The molecule has 0 saturated carbocycles. The first-order chi connectivity index (χ1) is 8.48. The molecule has 0 fully saturated rings. The van der Waals surface area contributed by atoms with Gasteiger partial charge in [-0.1, -0.05) is 6.07 Å². The minimum atomic E-state index is -3.68. The number of sulfonamides is 1. The molecule has 3 N–H and O–H groups in total. The Labute approximate surface area is 110 Å². The van der Waals surface area contributed by atoms with Crippen molar-refractivity contribution in [2.45, 2.75) is 18.4 Å². The van der Waals surface area contributed by atoms with Crippen molar-refractivity contribution >= 4 is 27.0 Å². The van der Waals surface area contributed by atoms with Crippen LogP contribution in [-0.2, 0) is 16.6 Å². The van der Waals surface area contributed by atoms with Gasteiger partial charge >= 0.3 is 0 Å². The topological polar surface area (TPSA) is 85.1 Å². The number of nitrogens with zero attached hydrogens (tertiary/aromatic N) is 1. The lowest BCUT2D eigenvalue weighted by Gasteiger charge is -2.11. The fourth-order valence-corrected chi connectivity index (χ4v) is 2.99. The van der Waals surface area contributed by atoms with Gasteiger partial charge < -0.3 is 5.32 Å². The van der Waals surface area contributed by atoms with Crippen molar-refractivity contribution in [3.8, 4) is 0 Å². The van der Waals surface area contributed by atoms with Gasteiger partial charge in [0, 0.05) is 11.1 Å². The Balaban J connectivity index is 2.24. The van der Waals surface area contributed by atoms with Gasteiger partial charge in [0.1, 0.15) is 0 Å². The number of hydrogen-bond acceptors (Lipinski definition) is 5. The highest BCUT2D eigenvalue weighted by Crippen LogP contribution is 2.22. The van der Waals surface area contributed by atoms with Gasteiger partial charge in [-0.15, -0.1) is 11.3 Å². The van der Waals surface area contributed by atoms with E-state index in [4.69, 9.17) is 5.14 Å². The molecule has 0 saturated heterocycles. The zero-order valence-corrected chi connectivity index (χ0v) is 11.4. The molecule has 96 valence electrons. The molecular formula is C11H13N3O2S2. The zero-order valence-electron chi connectivity index (χ0n) is 9.75. The van der Waals surface area contributed by atoms with Crippen LogP contribution in [-0.4, -0.2) is 13.4 Å². The number of primary sulfonamides is 1. The molecule has 0 radical (unpaired) electrons. The van der Waals surface area contributed by atoms with E-state index < -0.39 is 10.0 Å². The highest BCUT2D eigenvalue weighted by atomic mass is 32.2. The van der Waals surface area contributed by atoms with E-state index in [1.54, 1.807) is 18.5 Å². The lowest BCUT2D eigenvalue weighted by Crippen LogP contribution is -2.14. The number of nitrogens with one attached hydrogen (secondary N) is 1. The normalized spacial score (nSPS) is 11.4. The van der Waals surface area contributed by atoms with Crippen LogP contribution >= 0.6 is 11.3 Å². The van der Waals surface area contributed by atoms with E-state index in [9.17, 15) is 8.42 Å². The summed E-state index contributed by atoms with van der Waals surface area (Å²) in [5.74, 6) is 0. The van der Waals surface area contributed by atoms with Crippen molar-refractivity contribution in [3.63, 3.8) is 0 Å². The highest BCUT2D eigenvalue weighted by molar-refractivity contribution is 7.89. The van der Waals surface area contributed by atoms with Crippen LogP contribution in [0, 0.1) is 6.92 Å². The predicted molar refractivity (Wildman–Crippen MR) is 72.0 cm³/mol. The first-order valence-corrected chi connectivity index (χ1v) is 7.71. The average molecular weight is 283 g/mol. The molecule has 0 amide bonds. The second-order valence-electron chi connectivity index (χ2n) is 3.81. The molecule has 1 aromatic heterocycles. The van der Waals surface area contributed by atoms with Crippen LogP contribution in [0.3, 0.4) is 0 Å². The molecule has 0 atom stereocenters. The first-order valence-electron chi connectivity index (χ1n) is 5.22. The fraction of sp³-hybridized carbons (Fsp3) is 0.182. The summed E-state index contributed by atoms with van der Waals surface area (Å²) >= 11 is 1.52. The predicted octanol–water partition coefficient (Wildman–Crippen LogP) is 1.71. The SMILES string of the molecule is Cc1c(NCc2cscn2)cccc1S(N)(=O)=O. The largest absolute Gasteiger partial charge is 0.379 e. The Morgan fingerprint density at radius 3 is 2.83 bits per heavy atom. The molecule has 2 aromatic rings. The third-order valence-corrected chi connectivity index (χ3v) is 4.22. The van der Waals surface area contributed by atoms with Gasteiger partial charge in [-0.3, -0.25) is 0 Å². The summed E-state index contributed by atoms with van der Waals surface area (Å²) in [6, 6.07) is 4.98. The van der Waals surface area contributed by atoms with Gasteiger partial charge in [-0.05, 0) is 24.6 Å². The third-order valence-electron chi connectivity index (χ3n) is 2.53. The Bertz CT molecular complexity index is 636. The van der Waals surface area contributed by atoms with Crippen molar-refractivity contribution < 1.29 is 8.42 Å². The molecule has 0 bridgehead atoms. The molecule has 0 unspecified atom stereocenters. The minimum absolute atomic E-state index is 0.144. The summed E-state index contributed by atoms with van der Waals surface area (Å²) in [6.45, 7) is 2.28. The Kier molecular flexibility index (Phi) is 3.65. The molecule has 0 aliphatic rings. The Hall–Kier alpha value is -1.44. The Morgan fingerprint density at radius 2 is 2.22 bits per heavy atom. The monoisotopic (exact) mass is 283 g/mol. The number of thiazole rings is 1. The van der Waals surface area contributed by atoms with E-state index >= 15 is 0 Å². The maximum atomic E-state index is 11.4. The van der Waals surface area contributed by atoms with Gasteiger partial charge in [-0.25, -0.2) is 18.5 Å². The molecular weight excluding hydrogens is 270 g/mol. The lowest BCUT2D eigenvalue weighted by molar-refractivity contribution is 0.597. The molecule has 0 aliphatic heterocycles. The van der Waals surface area contributed by atoms with Gasteiger partial charge in [-0.2, -0.15) is 0 Å². The van der Waals surface area contributed by atoms with E-state index in [-0.39, 0.29) is 4.90 Å². The van der Waals surface area contributed by atoms with Gasteiger partial charge in [0.2, 0.25) is 10.0 Å².